The molecule has 0 aliphatic heterocycles. The number of benzene rings is 2. The zero-order valence-corrected chi connectivity index (χ0v) is 12.3. The first-order valence-corrected chi connectivity index (χ1v) is 6.61. The van der Waals surface area contributed by atoms with Crippen molar-refractivity contribution in [3.63, 3.8) is 0 Å². The maximum absolute atomic E-state index is 12.3. The second kappa shape index (κ2) is 6.61. The van der Waals surface area contributed by atoms with Gasteiger partial charge in [0.2, 0.25) is 5.91 Å². The van der Waals surface area contributed by atoms with Crippen LogP contribution < -0.4 is 16.8 Å². The Balaban J connectivity index is 2.26. The van der Waals surface area contributed by atoms with E-state index < -0.39 is 17.8 Å². The first kappa shape index (κ1) is 16.0. The number of nitrogen functional groups attached to an aromatic ring is 1. The number of carbonyl (C=O) groups excluding carboxylic acids is 3. The van der Waals surface area contributed by atoms with Crippen molar-refractivity contribution in [1.29, 1.82) is 0 Å². The molecule has 0 radical (unpaired) electrons. The molecule has 7 heteroatoms. The van der Waals surface area contributed by atoms with Gasteiger partial charge in [-0.1, -0.05) is 6.07 Å². The monoisotopic (exact) mass is 313 g/mol. The summed E-state index contributed by atoms with van der Waals surface area (Å²) in [7, 11) is 1.27. The Morgan fingerprint density at radius 2 is 1.70 bits per heavy atom. The van der Waals surface area contributed by atoms with Crippen molar-refractivity contribution in [2.24, 2.45) is 5.73 Å². The van der Waals surface area contributed by atoms with Crippen LogP contribution in [0.2, 0.25) is 0 Å². The van der Waals surface area contributed by atoms with E-state index in [1.165, 1.54) is 31.4 Å². The molecular formula is C16H15N3O4. The number of anilines is 2. The van der Waals surface area contributed by atoms with Gasteiger partial charge < -0.3 is 21.5 Å². The Kier molecular flexibility index (Phi) is 4.61. The van der Waals surface area contributed by atoms with E-state index in [9.17, 15) is 14.4 Å². The SMILES string of the molecule is COC(=O)c1cccc(NC(=O)c2cc(N)cc(C(N)=O)c2)c1. The van der Waals surface area contributed by atoms with Crippen LogP contribution in [0, 0.1) is 0 Å². The molecule has 7 nitrogen and oxygen atoms in total. The summed E-state index contributed by atoms with van der Waals surface area (Å²) in [5.41, 5.74) is 12.1. The van der Waals surface area contributed by atoms with Crippen molar-refractivity contribution in [1.82, 2.24) is 0 Å². The van der Waals surface area contributed by atoms with E-state index in [0.29, 0.717) is 11.3 Å². The molecule has 0 bridgehead atoms. The third-order valence-corrected chi connectivity index (χ3v) is 3.04. The van der Waals surface area contributed by atoms with Crippen LogP contribution in [0.15, 0.2) is 42.5 Å². The van der Waals surface area contributed by atoms with Gasteiger partial charge in [-0.2, -0.15) is 0 Å². The number of hydrogen-bond donors (Lipinski definition) is 3. The summed E-state index contributed by atoms with van der Waals surface area (Å²) < 4.78 is 4.62. The maximum atomic E-state index is 12.3. The molecule has 0 aliphatic carbocycles. The Hall–Kier alpha value is -3.35. The predicted octanol–water partition coefficient (Wildman–Crippen LogP) is 1.41. The minimum atomic E-state index is -0.681. The molecule has 118 valence electrons. The second-order valence-corrected chi connectivity index (χ2v) is 4.73. The highest BCUT2D eigenvalue weighted by Crippen LogP contribution is 2.16. The zero-order chi connectivity index (χ0) is 17.0. The fourth-order valence-corrected chi connectivity index (χ4v) is 1.97. The average Bonchev–Trinajstić information content (AvgIpc) is 2.53. The van der Waals surface area contributed by atoms with Crippen LogP contribution in [-0.4, -0.2) is 24.9 Å². The van der Waals surface area contributed by atoms with Crippen LogP contribution in [0.1, 0.15) is 31.1 Å². The van der Waals surface area contributed by atoms with Crippen LogP contribution >= 0.6 is 0 Å². The lowest BCUT2D eigenvalue weighted by Gasteiger charge is -2.08. The van der Waals surface area contributed by atoms with Gasteiger partial charge in [0.05, 0.1) is 12.7 Å². The third-order valence-electron chi connectivity index (χ3n) is 3.04. The van der Waals surface area contributed by atoms with Crippen LogP contribution in [0.5, 0.6) is 0 Å². The van der Waals surface area contributed by atoms with Crippen molar-refractivity contribution in [3.8, 4) is 0 Å². The van der Waals surface area contributed by atoms with Crippen molar-refractivity contribution in [3.05, 3.63) is 59.2 Å². The molecule has 5 N–H and O–H groups in total. The maximum Gasteiger partial charge on any atom is 0.337 e. The summed E-state index contributed by atoms with van der Waals surface area (Å²) >= 11 is 0. The van der Waals surface area contributed by atoms with E-state index in [0.717, 1.165) is 0 Å². The summed E-state index contributed by atoms with van der Waals surface area (Å²) in [6.45, 7) is 0. The number of methoxy groups -OCH3 is 1. The highest BCUT2D eigenvalue weighted by atomic mass is 16.5. The first-order valence-electron chi connectivity index (χ1n) is 6.61. The second-order valence-electron chi connectivity index (χ2n) is 4.73. The zero-order valence-electron chi connectivity index (χ0n) is 12.3. The molecule has 0 fully saturated rings. The Labute approximate surface area is 132 Å². The molecule has 0 spiro atoms. The highest BCUT2D eigenvalue weighted by molar-refractivity contribution is 6.07. The first-order chi connectivity index (χ1) is 10.9. The molecule has 23 heavy (non-hydrogen) atoms. The Bertz CT molecular complexity index is 787. The van der Waals surface area contributed by atoms with E-state index in [2.05, 4.69) is 10.1 Å². The van der Waals surface area contributed by atoms with E-state index in [1.807, 2.05) is 0 Å². The fourth-order valence-electron chi connectivity index (χ4n) is 1.97. The number of carbonyl (C=O) groups is 3. The molecular weight excluding hydrogens is 298 g/mol. The molecule has 0 aliphatic rings. The van der Waals surface area contributed by atoms with Crippen molar-refractivity contribution < 1.29 is 19.1 Å². The van der Waals surface area contributed by atoms with Gasteiger partial charge in [-0.05, 0) is 36.4 Å². The standard InChI is InChI=1S/C16H15N3O4/c1-23-16(22)9-3-2-4-13(8-9)19-15(21)11-5-10(14(18)20)6-12(17)7-11/h2-8H,17H2,1H3,(H2,18,20)(H,19,21). The number of nitrogens with one attached hydrogen (secondary N) is 1. The number of ether oxygens (including phenoxy) is 1. The minimum Gasteiger partial charge on any atom is -0.465 e. The van der Waals surface area contributed by atoms with Gasteiger partial charge in [0.25, 0.3) is 5.91 Å². The molecule has 2 aromatic carbocycles. The van der Waals surface area contributed by atoms with E-state index >= 15 is 0 Å². The van der Waals surface area contributed by atoms with Crippen LogP contribution in [0.25, 0.3) is 0 Å². The van der Waals surface area contributed by atoms with Crippen molar-refractivity contribution in [2.45, 2.75) is 0 Å². The summed E-state index contributed by atoms with van der Waals surface area (Å²) in [5.74, 6) is -1.68. The Morgan fingerprint density at radius 3 is 2.35 bits per heavy atom. The summed E-state index contributed by atoms with van der Waals surface area (Å²) in [4.78, 5) is 35.0. The molecule has 0 saturated heterocycles. The lowest BCUT2D eigenvalue weighted by Crippen LogP contribution is -2.16. The number of esters is 1. The molecule has 0 unspecified atom stereocenters. The number of nitrogens with two attached hydrogens (primary N) is 2. The Morgan fingerprint density at radius 1 is 1.00 bits per heavy atom. The molecule has 2 aromatic rings. The van der Waals surface area contributed by atoms with Gasteiger partial charge in [0.15, 0.2) is 0 Å². The van der Waals surface area contributed by atoms with Crippen LogP contribution in [0.3, 0.4) is 0 Å². The minimum absolute atomic E-state index is 0.137. The van der Waals surface area contributed by atoms with Crippen LogP contribution in [0.4, 0.5) is 11.4 Å². The van der Waals surface area contributed by atoms with Gasteiger partial charge >= 0.3 is 5.97 Å². The summed E-state index contributed by atoms with van der Waals surface area (Å²) in [6.07, 6.45) is 0. The van der Waals surface area contributed by atoms with Gasteiger partial charge in [0, 0.05) is 22.5 Å². The fraction of sp³-hybridized carbons (Fsp3) is 0.0625. The van der Waals surface area contributed by atoms with Gasteiger partial charge in [0.1, 0.15) is 0 Å². The largest absolute Gasteiger partial charge is 0.465 e. The number of hydrogen-bond acceptors (Lipinski definition) is 5. The van der Waals surface area contributed by atoms with Crippen molar-refractivity contribution >= 4 is 29.2 Å². The van der Waals surface area contributed by atoms with Gasteiger partial charge in [-0.15, -0.1) is 0 Å². The summed E-state index contributed by atoms with van der Waals surface area (Å²) in [6, 6.07) is 10.4. The molecule has 2 rings (SSSR count). The topological polar surface area (TPSA) is 125 Å². The number of primary amides is 1. The van der Waals surface area contributed by atoms with Crippen molar-refractivity contribution in [2.75, 3.05) is 18.2 Å². The lowest BCUT2D eigenvalue weighted by molar-refractivity contribution is 0.0600. The molecule has 0 aromatic heterocycles. The quantitative estimate of drug-likeness (QED) is 0.581. The van der Waals surface area contributed by atoms with E-state index in [-0.39, 0.29) is 16.8 Å². The molecule has 2 amide bonds. The molecule has 0 heterocycles. The molecule has 0 atom stereocenters. The highest BCUT2D eigenvalue weighted by Gasteiger charge is 2.12. The third kappa shape index (κ3) is 3.85. The summed E-state index contributed by atoms with van der Waals surface area (Å²) in [5, 5.41) is 2.62. The number of rotatable bonds is 4. The van der Waals surface area contributed by atoms with Crippen LogP contribution in [-0.2, 0) is 4.74 Å². The molecule has 0 saturated carbocycles. The van der Waals surface area contributed by atoms with E-state index in [1.54, 1.807) is 18.2 Å². The van der Waals surface area contributed by atoms with Gasteiger partial charge in [-0.3, -0.25) is 9.59 Å². The normalized spacial score (nSPS) is 9.96. The average molecular weight is 313 g/mol. The predicted molar refractivity (Wildman–Crippen MR) is 85.1 cm³/mol. The van der Waals surface area contributed by atoms with E-state index in [4.69, 9.17) is 11.5 Å². The smallest absolute Gasteiger partial charge is 0.337 e. The number of amides is 2. The van der Waals surface area contributed by atoms with Gasteiger partial charge in [-0.25, -0.2) is 4.79 Å². The lowest BCUT2D eigenvalue weighted by atomic mass is 10.1.